The van der Waals surface area contributed by atoms with Crippen LogP contribution in [-0.2, 0) is 0 Å². The summed E-state index contributed by atoms with van der Waals surface area (Å²) in [7, 11) is 0. The molecule has 0 N–H and O–H groups in total. The first-order valence-corrected chi connectivity index (χ1v) is 13.3. The van der Waals surface area contributed by atoms with Crippen LogP contribution in [-0.4, -0.2) is 14.8 Å². The molecule has 0 saturated heterocycles. The molecule has 9 heteroatoms. The molecule has 0 unspecified atom stereocenters. The van der Waals surface area contributed by atoms with Crippen LogP contribution in [0.15, 0.2) is 99.7 Å². The van der Waals surface area contributed by atoms with Crippen LogP contribution < -0.4 is 5.63 Å². The Morgan fingerprint density at radius 1 is 1.00 bits per heavy atom. The largest absolute Gasteiger partial charge is 0.422 e. The third kappa shape index (κ3) is 5.01. The van der Waals surface area contributed by atoms with Gasteiger partial charge in [0.1, 0.15) is 16.7 Å². The number of aromatic nitrogens is 3. The van der Waals surface area contributed by atoms with Gasteiger partial charge in [0, 0.05) is 38.1 Å². The van der Waals surface area contributed by atoms with E-state index in [1.165, 1.54) is 11.3 Å². The summed E-state index contributed by atoms with van der Waals surface area (Å²) in [6.07, 6.45) is 3.62. The van der Waals surface area contributed by atoms with Crippen molar-refractivity contribution in [1.82, 2.24) is 14.8 Å². The molecule has 3 heterocycles. The first kappa shape index (κ1) is 24.8. The number of nitriles is 1. The van der Waals surface area contributed by atoms with Crippen LogP contribution in [0, 0.1) is 11.3 Å². The first-order valence-electron chi connectivity index (χ1n) is 11.7. The van der Waals surface area contributed by atoms with Crippen LogP contribution in [0.4, 0.5) is 0 Å². The average molecular weight is 567 g/mol. The Balaban J connectivity index is 1.43. The van der Waals surface area contributed by atoms with Crippen LogP contribution in [0.25, 0.3) is 50.8 Å². The number of halogens is 2. The number of para-hydroxylation sites is 1. The molecule has 0 aliphatic rings. The van der Waals surface area contributed by atoms with Crippen molar-refractivity contribution in [3.05, 3.63) is 121 Å². The average Bonchev–Trinajstić information content (AvgIpc) is 3.60. The maximum Gasteiger partial charge on any atom is 0.345 e. The summed E-state index contributed by atoms with van der Waals surface area (Å²) in [5.41, 5.74) is 4.12. The summed E-state index contributed by atoms with van der Waals surface area (Å²) in [6.45, 7) is 0. The smallest absolute Gasteiger partial charge is 0.345 e. The molecule has 0 saturated carbocycles. The molecule has 39 heavy (non-hydrogen) atoms. The van der Waals surface area contributed by atoms with E-state index in [1.807, 2.05) is 48.7 Å². The third-order valence-corrected chi connectivity index (χ3v) is 7.37. The van der Waals surface area contributed by atoms with Gasteiger partial charge in [-0.05, 0) is 54.6 Å². The van der Waals surface area contributed by atoms with E-state index in [0.717, 1.165) is 16.8 Å². The molecule has 6 nitrogen and oxygen atoms in total. The molecule has 0 amide bonds. The fourth-order valence-electron chi connectivity index (χ4n) is 4.13. The summed E-state index contributed by atoms with van der Waals surface area (Å²) in [5, 5.41) is 18.9. The molecule has 0 radical (unpaired) electrons. The number of nitrogens with zero attached hydrogens (tertiary/aromatic N) is 4. The van der Waals surface area contributed by atoms with Gasteiger partial charge in [0.25, 0.3) is 0 Å². The van der Waals surface area contributed by atoms with Crippen molar-refractivity contribution in [3.8, 4) is 34.3 Å². The molecule has 0 aliphatic heterocycles. The molecule has 0 fully saturated rings. The topological polar surface area (TPSA) is 84.7 Å². The van der Waals surface area contributed by atoms with Crippen molar-refractivity contribution < 1.29 is 4.42 Å². The van der Waals surface area contributed by atoms with Crippen molar-refractivity contribution >= 4 is 57.2 Å². The molecule has 3 aromatic carbocycles. The SMILES string of the molecule is N#C/C(=C\c1cn(-c2ccccc2)nc1-c1ccc(Cl)cc1)c1nc(-c2cc3cc(Cl)ccc3oc2=O)cs1. The minimum atomic E-state index is -0.515. The summed E-state index contributed by atoms with van der Waals surface area (Å²) >= 11 is 13.5. The van der Waals surface area contributed by atoms with Gasteiger partial charge in [-0.25, -0.2) is 14.5 Å². The minimum absolute atomic E-state index is 0.295. The van der Waals surface area contributed by atoms with Gasteiger partial charge in [0.2, 0.25) is 0 Å². The lowest BCUT2D eigenvalue weighted by atomic mass is 10.1. The maximum atomic E-state index is 12.7. The van der Waals surface area contributed by atoms with Gasteiger partial charge in [-0.1, -0.05) is 53.5 Å². The van der Waals surface area contributed by atoms with E-state index in [1.54, 1.807) is 52.5 Å². The van der Waals surface area contributed by atoms with Gasteiger partial charge in [-0.2, -0.15) is 10.4 Å². The Kier molecular flexibility index (Phi) is 6.59. The van der Waals surface area contributed by atoms with Crippen LogP contribution in [0.5, 0.6) is 0 Å². The van der Waals surface area contributed by atoms with Crippen molar-refractivity contribution in [2.45, 2.75) is 0 Å². The number of hydrogen-bond acceptors (Lipinski definition) is 6. The minimum Gasteiger partial charge on any atom is -0.422 e. The summed E-state index contributed by atoms with van der Waals surface area (Å²) in [6, 6.07) is 26.1. The molecule has 0 atom stereocenters. The lowest BCUT2D eigenvalue weighted by Crippen LogP contribution is -2.02. The highest BCUT2D eigenvalue weighted by Gasteiger charge is 2.17. The maximum absolute atomic E-state index is 12.7. The van der Waals surface area contributed by atoms with Crippen LogP contribution >= 0.6 is 34.5 Å². The molecular weight excluding hydrogens is 551 g/mol. The highest BCUT2D eigenvalue weighted by atomic mass is 35.5. The second kappa shape index (κ2) is 10.4. The van der Waals surface area contributed by atoms with E-state index in [0.29, 0.717) is 48.5 Å². The number of hydrogen-bond donors (Lipinski definition) is 0. The standard InChI is InChI=1S/C30H16Cl2N4O2S/c31-22-8-6-18(7-9-22)28-21(16-36(35-28)24-4-2-1-3-5-24)12-20(15-33)29-34-26(17-39-29)25-14-19-13-23(32)10-11-27(19)38-30(25)37/h1-14,16-17H/b20-12+. The van der Waals surface area contributed by atoms with Gasteiger partial charge in [0.05, 0.1) is 28.2 Å². The molecule has 3 aromatic heterocycles. The Hall–Kier alpha value is -4.48. The third-order valence-electron chi connectivity index (χ3n) is 6.01. The molecule has 0 spiro atoms. The van der Waals surface area contributed by atoms with E-state index < -0.39 is 5.63 Å². The fourth-order valence-corrected chi connectivity index (χ4v) is 5.22. The molecule has 188 valence electrons. The van der Waals surface area contributed by atoms with Crippen molar-refractivity contribution in [2.24, 2.45) is 0 Å². The molecule has 0 bridgehead atoms. The zero-order valence-corrected chi connectivity index (χ0v) is 22.3. The quantitative estimate of drug-likeness (QED) is 0.155. The number of allylic oxidation sites excluding steroid dienone is 1. The number of fused-ring (bicyclic) bond motifs is 1. The van der Waals surface area contributed by atoms with Crippen LogP contribution in [0.1, 0.15) is 10.6 Å². The number of rotatable bonds is 5. The highest BCUT2D eigenvalue weighted by molar-refractivity contribution is 7.11. The Morgan fingerprint density at radius 2 is 1.77 bits per heavy atom. The molecule has 6 rings (SSSR count). The van der Waals surface area contributed by atoms with Gasteiger partial charge < -0.3 is 4.42 Å². The normalized spacial score (nSPS) is 11.6. The van der Waals surface area contributed by atoms with E-state index in [4.69, 9.17) is 32.7 Å². The zero-order chi connectivity index (χ0) is 26.9. The van der Waals surface area contributed by atoms with E-state index in [9.17, 15) is 10.1 Å². The molecule has 0 aliphatic carbocycles. The lowest BCUT2D eigenvalue weighted by molar-refractivity contribution is 0.563. The van der Waals surface area contributed by atoms with Crippen LogP contribution in [0.2, 0.25) is 10.0 Å². The van der Waals surface area contributed by atoms with Gasteiger partial charge in [-0.3, -0.25) is 0 Å². The van der Waals surface area contributed by atoms with Gasteiger partial charge in [0.15, 0.2) is 0 Å². The Labute approximate surface area is 236 Å². The number of benzene rings is 3. The van der Waals surface area contributed by atoms with E-state index in [2.05, 4.69) is 11.1 Å². The lowest BCUT2D eigenvalue weighted by Gasteiger charge is -2.01. The predicted molar refractivity (Wildman–Crippen MR) is 156 cm³/mol. The van der Waals surface area contributed by atoms with E-state index in [-0.39, 0.29) is 0 Å². The van der Waals surface area contributed by atoms with Gasteiger partial charge >= 0.3 is 5.63 Å². The first-order chi connectivity index (χ1) is 19.0. The Bertz CT molecular complexity index is 1970. The highest BCUT2D eigenvalue weighted by Crippen LogP contribution is 2.31. The summed E-state index contributed by atoms with van der Waals surface area (Å²) in [5.74, 6) is 0. The van der Waals surface area contributed by atoms with Crippen molar-refractivity contribution in [2.75, 3.05) is 0 Å². The Morgan fingerprint density at radius 3 is 2.54 bits per heavy atom. The predicted octanol–water partition coefficient (Wildman–Crippen LogP) is 8.14. The van der Waals surface area contributed by atoms with E-state index >= 15 is 0 Å². The molecular formula is C30H16Cl2N4O2S. The molecule has 6 aromatic rings. The van der Waals surface area contributed by atoms with Crippen molar-refractivity contribution in [3.63, 3.8) is 0 Å². The second-order valence-corrected chi connectivity index (χ2v) is 10.3. The summed E-state index contributed by atoms with van der Waals surface area (Å²) < 4.78 is 7.23. The summed E-state index contributed by atoms with van der Waals surface area (Å²) in [4.78, 5) is 17.3. The van der Waals surface area contributed by atoms with Crippen LogP contribution in [0.3, 0.4) is 0 Å². The fraction of sp³-hybridized carbons (Fsp3) is 0. The monoisotopic (exact) mass is 566 g/mol. The number of thiazole rings is 1. The zero-order valence-electron chi connectivity index (χ0n) is 20.0. The van der Waals surface area contributed by atoms with Crippen molar-refractivity contribution in [1.29, 1.82) is 5.26 Å². The van der Waals surface area contributed by atoms with Gasteiger partial charge in [-0.15, -0.1) is 11.3 Å². The second-order valence-electron chi connectivity index (χ2n) is 8.56.